The predicted molar refractivity (Wildman–Crippen MR) is 49.8 cm³/mol. The highest BCUT2D eigenvalue weighted by atomic mass is 16.1. The van der Waals surface area contributed by atoms with Gasteiger partial charge in [0.1, 0.15) is 0 Å². The Bertz CT molecular complexity index is 448. The van der Waals surface area contributed by atoms with Crippen LogP contribution in [-0.2, 0) is 0 Å². The first-order chi connectivity index (χ1) is 6.38. The molecule has 0 saturated carbocycles. The van der Waals surface area contributed by atoms with E-state index in [0.29, 0.717) is 0 Å². The normalized spacial score (nSPS) is 9.85. The summed E-state index contributed by atoms with van der Waals surface area (Å²) in [5, 5.41) is 0. The summed E-state index contributed by atoms with van der Waals surface area (Å²) in [6.07, 6.45) is 5.05. The van der Waals surface area contributed by atoms with Crippen molar-refractivity contribution >= 4 is 0 Å². The van der Waals surface area contributed by atoms with Gasteiger partial charge in [0, 0.05) is 18.5 Å². The monoisotopic (exact) mass is 172 g/mol. The van der Waals surface area contributed by atoms with E-state index in [0.717, 1.165) is 5.69 Å². The zero-order chi connectivity index (χ0) is 9.10. The molecule has 0 fully saturated rings. The molecule has 0 saturated heterocycles. The molecule has 0 atom stereocenters. The van der Waals surface area contributed by atoms with E-state index in [1.54, 1.807) is 35.3 Å². The Morgan fingerprint density at radius 1 is 1.15 bits per heavy atom. The zero-order valence-electron chi connectivity index (χ0n) is 6.92. The van der Waals surface area contributed by atoms with Crippen LogP contribution in [-0.4, -0.2) is 9.55 Å². The molecule has 0 radical (unpaired) electrons. The van der Waals surface area contributed by atoms with Gasteiger partial charge in [0.05, 0.1) is 11.9 Å². The van der Waals surface area contributed by atoms with Crippen molar-refractivity contribution in [2.24, 2.45) is 0 Å². The second kappa shape index (κ2) is 3.23. The van der Waals surface area contributed by atoms with Gasteiger partial charge in [-0.05, 0) is 18.2 Å². The van der Waals surface area contributed by atoms with E-state index >= 15 is 0 Å². The Kier molecular flexibility index (Phi) is 1.92. The van der Waals surface area contributed by atoms with Gasteiger partial charge >= 0.3 is 0 Å². The summed E-state index contributed by atoms with van der Waals surface area (Å²) >= 11 is 0. The molecule has 3 heteroatoms. The van der Waals surface area contributed by atoms with Crippen LogP contribution >= 0.6 is 0 Å². The lowest BCUT2D eigenvalue weighted by Crippen LogP contribution is -2.15. The molecule has 2 aromatic rings. The molecule has 0 unspecified atom stereocenters. The fraction of sp³-hybridized carbons (Fsp3) is 0. The van der Waals surface area contributed by atoms with Crippen molar-refractivity contribution in [2.75, 3.05) is 0 Å². The van der Waals surface area contributed by atoms with Crippen LogP contribution < -0.4 is 5.56 Å². The Morgan fingerprint density at radius 2 is 2.08 bits per heavy atom. The zero-order valence-corrected chi connectivity index (χ0v) is 6.92. The van der Waals surface area contributed by atoms with Crippen LogP contribution in [0.1, 0.15) is 0 Å². The lowest BCUT2D eigenvalue weighted by Gasteiger charge is -2.02. The average molecular weight is 172 g/mol. The van der Waals surface area contributed by atoms with E-state index in [2.05, 4.69) is 4.98 Å². The van der Waals surface area contributed by atoms with Gasteiger partial charge in [-0.15, -0.1) is 0 Å². The minimum absolute atomic E-state index is 0.0458. The van der Waals surface area contributed by atoms with Crippen LogP contribution in [0, 0.1) is 0 Å². The predicted octanol–water partition coefficient (Wildman–Crippen LogP) is 1.23. The Hall–Kier alpha value is -1.90. The number of hydrogen-bond acceptors (Lipinski definition) is 2. The first-order valence-electron chi connectivity index (χ1n) is 3.96. The largest absolute Gasteiger partial charge is 0.283 e. The van der Waals surface area contributed by atoms with Crippen molar-refractivity contribution in [1.82, 2.24) is 9.55 Å². The molecule has 2 aromatic heterocycles. The Balaban J connectivity index is 2.60. The molecule has 13 heavy (non-hydrogen) atoms. The van der Waals surface area contributed by atoms with Crippen LogP contribution in [0.15, 0.2) is 53.7 Å². The summed E-state index contributed by atoms with van der Waals surface area (Å²) in [6.45, 7) is 0. The molecule has 0 aromatic carbocycles. The second-order valence-electron chi connectivity index (χ2n) is 2.62. The molecule has 0 bridgehead atoms. The van der Waals surface area contributed by atoms with Gasteiger partial charge in [0.25, 0.3) is 5.56 Å². The number of hydrogen-bond donors (Lipinski definition) is 0. The molecule has 2 rings (SSSR count). The Morgan fingerprint density at radius 3 is 2.77 bits per heavy atom. The molecule has 0 aliphatic heterocycles. The summed E-state index contributed by atoms with van der Waals surface area (Å²) < 4.78 is 1.55. The SMILES string of the molecule is O=c1ccccn1-c1cccnc1. The lowest BCUT2D eigenvalue weighted by atomic mass is 10.4. The smallest absolute Gasteiger partial charge is 0.255 e. The van der Waals surface area contributed by atoms with E-state index in [-0.39, 0.29) is 5.56 Å². The van der Waals surface area contributed by atoms with E-state index in [4.69, 9.17) is 0 Å². The topological polar surface area (TPSA) is 34.9 Å². The van der Waals surface area contributed by atoms with Crippen molar-refractivity contribution in [3.63, 3.8) is 0 Å². The van der Waals surface area contributed by atoms with Gasteiger partial charge in [-0.2, -0.15) is 0 Å². The molecular weight excluding hydrogens is 164 g/mol. The van der Waals surface area contributed by atoms with Crippen molar-refractivity contribution < 1.29 is 0 Å². The number of aromatic nitrogens is 2. The number of nitrogens with zero attached hydrogens (tertiary/aromatic N) is 2. The van der Waals surface area contributed by atoms with Gasteiger partial charge in [-0.1, -0.05) is 6.07 Å². The van der Waals surface area contributed by atoms with Gasteiger partial charge in [0.2, 0.25) is 0 Å². The van der Waals surface area contributed by atoms with Gasteiger partial charge in [-0.25, -0.2) is 0 Å². The van der Waals surface area contributed by atoms with Gasteiger partial charge in [0.15, 0.2) is 0 Å². The van der Waals surface area contributed by atoms with Crippen LogP contribution in [0.2, 0.25) is 0 Å². The standard InChI is InChI=1S/C10H8N2O/c13-10-5-1-2-7-12(10)9-4-3-6-11-8-9/h1-8H. The van der Waals surface area contributed by atoms with E-state index in [1.807, 2.05) is 12.1 Å². The summed E-state index contributed by atoms with van der Waals surface area (Å²) in [5.41, 5.74) is 0.739. The molecule has 0 aliphatic rings. The fourth-order valence-corrected chi connectivity index (χ4v) is 1.14. The summed E-state index contributed by atoms with van der Waals surface area (Å²) in [4.78, 5) is 15.3. The van der Waals surface area contributed by atoms with Crippen LogP contribution in [0.4, 0.5) is 0 Å². The van der Waals surface area contributed by atoms with E-state index < -0.39 is 0 Å². The molecule has 0 aliphatic carbocycles. The molecule has 0 N–H and O–H groups in total. The molecule has 64 valence electrons. The third-order valence-corrected chi connectivity index (χ3v) is 1.75. The average Bonchev–Trinajstić information content (AvgIpc) is 2.20. The van der Waals surface area contributed by atoms with E-state index in [9.17, 15) is 4.79 Å². The molecule has 0 spiro atoms. The Labute approximate surface area is 75.3 Å². The van der Waals surface area contributed by atoms with Crippen molar-refractivity contribution in [3.05, 3.63) is 59.3 Å². The first kappa shape index (κ1) is 7.73. The molecule has 3 nitrogen and oxygen atoms in total. The minimum atomic E-state index is -0.0458. The molecular formula is C10H8N2O. The first-order valence-corrected chi connectivity index (χ1v) is 3.96. The highest BCUT2D eigenvalue weighted by molar-refractivity contribution is 5.27. The highest BCUT2D eigenvalue weighted by Gasteiger charge is 1.95. The third kappa shape index (κ3) is 1.49. The number of pyridine rings is 2. The molecule has 2 heterocycles. The quantitative estimate of drug-likeness (QED) is 0.648. The lowest BCUT2D eigenvalue weighted by molar-refractivity contribution is 0.978. The van der Waals surface area contributed by atoms with Gasteiger partial charge < -0.3 is 0 Å². The van der Waals surface area contributed by atoms with Crippen molar-refractivity contribution in [1.29, 1.82) is 0 Å². The third-order valence-electron chi connectivity index (χ3n) is 1.75. The van der Waals surface area contributed by atoms with E-state index in [1.165, 1.54) is 6.07 Å². The number of rotatable bonds is 1. The second-order valence-corrected chi connectivity index (χ2v) is 2.62. The molecule has 0 amide bonds. The van der Waals surface area contributed by atoms with Gasteiger partial charge in [-0.3, -0.25) is 14.3 Å². The summed E-state index contributed by atoms with van der Waals surface area (Å²) in [5.74, 6) is 0. The highest BCUT2D eigenvalue weighted by Crippen LogP contribution is 1.99. The van der Waals surface area contributed by atoms with Crippen molar-refractivity contribution in [3.8, 4) is 5.69 Å². The van der Waals surface area contributed by atoms with Crippen molar-refractivity contribution in [2.45, 2.75) is 0 Å². The van der Waals surface area contributed by atoms with Crippen LogP contribution in [0.5, 0.6) is 0 Å². The minimum Gasteiger partial charge on any atom is -0.283 e. The fourth-order valence-electron chi connectivity index (χ4n) is 1.14. The summed E-state index contributed by atoms with van der Waals surface area (Å²) in [7, 11) is 0. The maximum absolute atomic E-state index is 11.4. The maximum atomic E-state index is 11.4. The van der Waals surface area contributed by atoms with Crippen LogP contribution in [0.3, 0.4) is 0 Å². The van der Waals surface area contributed by atoms with Crippen LogP contribution in [0.25, 0.3) is 5.69 Å². The maximum Gasteiger partial charge on any atom is 0.255 e. The summed E-state index contributed by atoms with van der Waals surface area (Å²) in [6, 6.07) is 8.69.